The molecule has 0 bridgehead atoms. The number of imidazole rings is 1. The molecule has 4 aromatic heterocycles. The second kappa shape index (κ2) is 12.5. The lowest BCUT2D eigenvalue weighted by Crippen LogP contribution is -2.35. The summed E-state index contributed by atoms with van der Waals surface area (Å²) in [5.74, 6) is 0.950. The van der Waals surface area contributed by atoms with Crippen LogP contribution in [0.4, 0.5) is 4.39 Å². The summed E-state index contributed by atoms with van der Waals surface area (Å²) in [5, 5.41) is 8.15. The molecule has 2 aliphatic heterocycles. The minimum Gasteiger partial charge on any atom is -0.473 e. The van der Waals surface area contributed by atoms with Gasteiger partial charge in [0.05, 0.1) is 36.4 Å². The molecule has 0 saturated carbocycles. The van der Waals surface area contributed by atoms with Gasteiger partial charge < -0.3 is 24.8 Å². The highest BCUT2D eigenvalue weighted by Gasteiger charge is 2.26. The standard InChI is InChI=1S/C31H31ClFN9O3/c32-20-5-4-19(22(33)12-20)17-45-28-3-1-2-23(37-28)18-6-9-41(10-7-18)16-27-36-24-13-25(30-38-31(29(34)43)40-39-30)35-14-26(24)42(27)15-21-8-11-44-21/h1-5,12-14,18,21H,6-11,15-17H2,(H2,34,43)(H,38,39,40)/t21-/m0/s1. The Morgan fingerprint density at radius 3 is 2.71 bits per heavy atom. The number of pyridine rings is 2. The highest BCUT2D eigenvalue weighted by atomic mass is 35.5. The van der Waals surface area contributed by atoms with E-state index in [-0.39, 0.29) is 18.5 Å². The summed E-state index contributed by atoms with van der Waals surface area (Å²) in [7, 11) is 0. The predicted molar refractivity (Wildman–Crippen MR) is 163 cm³/mol. The molecule has 45 heavy (non-hydrogen) atoms. The van der Waals surface area contributed by atoms with Gasteiger partial charge in [0, 0.05) is 34.9 Å². The molecule has 1 atom stereocenters. The second-order valence-electron chi connectivity index (χ2n) is 11.3. The zero-order valence-corrected chi connectivity index (χ0v) is 25.1. The fourth-order valence-electron chi connectivity index (χ4n) is 5.76. The van der Waals surface area contributed by atoms with E-state index < -0.39 is 11.7 Å². The summed E-state index contributed by atoms with van der Waals surface area (Å²) in [4.78, 5) is 31.0. The van der Waals surface area contributed by atoms with E-state index >= 15 is 0 Å². The van der Waals surface area contributed by atoms with Crippen LogP contribution in [0.1, 0.15) is 52.9 Å². The van der Waals surface area contributed by atoms with E-state index in [0.29, 0.717) is 47.0 Å². The number of aromatic nitrogens is 7. The van der Waals surface area contributed by atoms with Crippen LogP contribution < -0.4 is 10.5 Å². The van der Waals surface area contributed by atoms with Crippen LogP contribution in [-0.4, -0.2) is 71.3 Å². The average molecular weight is 632 g/mol. The molecular weight excluding hydrogens is 601 g/mol. The van der Waals surface area contributed by atoms with Gasteiger partial charge in [-0.25, -0.2) is 14.4 Å². The van der Waals surface area contributed by atoms with Crippen molar-refractivity contribution in [3.8, 4) is 17.4 Å². The number of ether oxygens (including phenoxy) is 2. The van der Waals surface area contributed by atoms with Gasteiger partial charge in [-0.05, 0) is 56.6 Å². The SMILES string of the molecule is NC(=O)c1nnc(-c2cc3nc(CN4CCC(c5cccc(OCc6ccc(Cl)cc6F)n5)CC4)n(C[C@@H]4CCO4)c3cn2)[nH]1. The Bertz CT molecular complexity index is 1850. The Morgan fingerprint density at radius 2 is 1.98 bits per heavy atom. The molecule has 5 aromatic rings. The second-order valence-corrected chi connectivity index (χ2v) is 11.8. The summed E-state index contributed by atoms with van der Waals surface area (Å²) < 4.78 is 27.9. The number of nitrogens with one attached hydrogen (secondary N) is 1. The third-order valence-corrected chi connectivity index (χ3v) is 8.60. The molecule has 7 rings (SSSR count). The van der Waals surface area contributed by atoms with Gasteiger partial charge in [-0.1, -0.05) is 23.7 Å². The Balaban J connectivity index is 1.03. The Labute approximate surface area is 262 Å². The normalized spacial score (nSPS) is 17.4. The van der Waals surface area contributed by atoms with Gasteiger partial charge in [0.15, 0.2) is 5.82 Å². The molecule has 232 valence electrons. The van der Waals surface area contributed by atoms with E-state index in [9.17, 15) is 9.18 Å². The van der Waals surface area contributed by atoms with Gasteiger partial charge in [-0.2, -0.15) is 0 Å². The molecule has 0 aliphatic carbocycles. The third kappa shape index (κ3) is 6.37. The smallest absolute Gasteiger partial charge is 0.286 e. The number of hydrogen-bond donors (Lipinski definition) is 2. The van der Waals surface area contributed by atoms with Gasteiger partial charge in [0.1, 0.15) is 23.9 Å². The van der Waals surface area contributed by atoms with Crippen LogP contribution in [0.3, 0.4) is 0 Å². The van der Waals surface area contributed by atoms with Crippen molar-refractivity contribution in [1.82, 2.24) is 39.6 Å². The molecule has 3 N–H and O–H groups in total. The number of nitrogens with zero attached hydrogens (tertiary/aromatic N) is 7. The van der Waals surface area contributed by atoms with E-state index in [0.717, 1.165) is 61.5 Å². The Hall–Kier alpha value is -4.46. The molecule has 6 heterocycles. The number of fused-ring (bicyclic) bond motifs is 1. The van der Waals surface area contributed by atoms with Crippen LogP contribution in [0, 0.1) is 5.82 Å². The van der Waals surface area contributed by atoms with Gasteiger partial charge in [-0.3, -0.25) is 14.7 Å². The molecule has 12 nitrogen and oxygen atoms in total. The molecule has 2 fully saturated rings. The summed E-state index contributed by atoms with van der Waals surface area (Å²) >= 11 is 5.86. The number of primary amides is 1. The first kappa shape index (κ1) is 29.3. The number of carbonyl (C=O) groups is 1. The molecule has 0 unspecified atom stereocenters. The maximum absolute atomic E-state index is 14.2. The topological polar surface area (TPSA) is 150 Å². The van der Waals surface area contributed by atoms with Gasteiger partial charge in [0.2, 0.25) is 11.7 Å². The lowest BCUT2D eigenvalue weighted by molar-refractivity contribution is -0.0592. The number of benzene rings is 1. The number of carbonyl (C=O) groups excluding carboxylic acids is 1. The first-order valence-corrected chi connectivity index (χ1v) is 15.2. The molecule has 14 heteroatoms. The van der Waals surface area contributed by atoms with Crippen molar-refractivity contribution < 1.29 is 18.7 Å². The lowest BCUT2D eigenvalue weighted by Gasteiger charge is -2.32. The van der Waals surface area contributed by atoms with Gasteiger partial charge in [-0.15, -0.1) is 10.2 Å². The summed E-state index contributed by atoms with van der Waals surface area (Å²) in [6.07, 6.45) is 4.81. The first-order valence-electron chi connectivity index (χ1n) is 14.9. The minimum atomic E-state index is -0.687. The monoisotopic (exact) mass is 631 g/mol. The molecule has 2 aliphatic rings. The quantitative estimate of drug-likeness (QED) is 0.231. The molecular formula is C31H31ClFN9O3. The summed E-state index contributed by atoms with van der Waals surface area (Å²) in [6, 6.07) is 12.1. The average Bonchev–Trinajstić information content (AvgIpc) is 3.64. The van der Waals surface area contributed by atoms with Crippen molar-refractivity contribution >= 4 is 28.5 Å². The molecule has 0 radical (unpaired) electrons. The van der Waals surface area contributed by atoms with Crippen LogP contribution in [0.25, 0.3) is 22.6 Å². The number of rotatable bonds is 10. The van der Waals surface area contributed by atoms with Crippen LogP contribution in [0.15, 0.2) is 48.7 Å². The van der Waals surface area contributed by atoms with Crippen LogP contribution in [-0.2, 0) is 24.4 Å². The van der Waals surface area contributed by atoms with Crippen molar-refractivity contribution in [1.29, 1.82) is 0 Å². The Kier molecular flexibility index (Phi) is 8.13. The highest BCUT2D eigenvalue weighted by molar-refractivity contribution is 6.30. The van der Waals surface area contributed by atoms with E-state index in [4.69, 9.17) is 36.8 Å². The number of likely N-dealkylation sites (tertiary alicyclic amines) is 1. The van der Waals surface area contributed by atoms with Crippen LogP contribution >= 0.6 is 11.6 Å². The first-order chi connectivity index (χ1) is 21.9. The van der Waals surface area contributed by atoms with E-state index in [1.54, 1.807) is 24.4 Å². The number of amides is 1. The largest absolute Gasteiger partial charge is 0.473 e. The fourth-order valence-corrected chi connectivity index (χ4v) is 5.92. The lowest BCUT2D eigenvalue weighted by atomic mass is 9.93. The molecule has 2 saturated heterocycles. The van der Waals surface area contributed by atoms with Crippen LogP contribution in [0.2, 0.25) is 5.02 Å². The van der Waals surface area contributed by atoms with Gasteiger partial charge in [0.25, 0.3) is 5.91 Å². The van der Waals surface area contributed by atoms with Crippen LogP contribution in [0.5, 0.6) is 5.88 Å². The van der Waals surface area contributed by atoms with E-state index in [1.807, 2.05) is 18.2 Å². The number of halogens is 2. The zero-order chi connectivity index (χ0) is 30.9. The van der Waals surface area contributed by atoms with E-state index in [2.05, 4.69) is 29.6 Å². The fraction of sp³-hybridized carbons (Fsp3) is 0.355. The zero-order valence-electron chi connectivity index (χ0n) is 24.3. The minimum absolute atomic E-state index is 0.0218. The number of nitrogens with two attached hydrogens (primary N) is 1. The van der Waals surface area contributed by atoms with Gasteiger partial charge >= 0.3 is 0 Å². The van der Waals surface area contributed by atoms with Crippen molar-refractivity contribution in [3.05, 3.63) is 82.4 Å². The van der Waals surface area contributed by atoms with E-state index in [1.165, 1.54) is 6.07 Å². The van der Waals surface area contributed by atoms with Crippen molar-refractivity contribution in [2.45, 2.75) is 51.0 Å². The Morgan fingerprint density at radius 1 is 1.13 bits per heavy atom. The number of aromatic amines is 1. The number of H-pyrrole nitrogens is 1. The summed E-state index contributed by atoms with van der Waals surface area (Å²) in [5.41, 5.74) is 8.93. The predicted octanol–water partition coefficient (Wildman–Crippen LogP) is 4.25. The number of hydrogen-bond acceptors (Lipinski definition) is 9. The number of piperidine rings is 1. The maximum Gasteiger partial charge on any atom is 0.286 e. The highest BCUT2D eigenvalue weighted by Crippen LogP contribution is 2.30. The molecule has 0 spiro atoms. The van der Waals surface area contributed by atoms with Crippen molar-refractivity contribution in [3.63, 3.8) is 0 Å². The molecule has 1 amide bonds. The third-order valence-electron chi connectivity index (χ3n) is 8.36. The summed E-state index contributed by atoms with van der Waals surface area (Å²) in [6.45, 7) is 4.00. The molecule has 1 aromatic carbocycles. The maximum atomic E-state index is 14.2. The van der Waals surface area contributed by atoms with Crippen molar-refractivity contribution in [2.24, 2.45) is 5.73 Å². The van der Waals surface area contributed by atoms with Crippen molar-refractivity contribution in [2.75, 3.05) is 19.7 Å².